The van der Waals surface area contributed by atoms with Crippen molar-refractivity contribution >= 4 is 17.6 Å². The van der Waals surface area contributed by atoms with Crippen molar-refractivity contribution in [2.75, 3.05) is 11.4 Å². The summed E-state index contributed by atoms with van der Waals surface area (Å²) in [6, 6.07) is 7.71. The molecule has 2 unspecified atom stereocenters. The minimum atomic E-state index is -4.97. The SMILES string of the molecule is CC(C)(Oc1ccccc1OC(F)(F)F)C(=O)NC12CCCC(CC1)N2c1ncccc1C(=O)NCC(F)(F)F. The van der Waals surface area contributed by atoms with Gasteiger partial charge < -0.3 is 25.0 Å². The summed E-state index contributed by atoms with van der Waals surface area (Å²) in [5.41, 5.74) is -2.79. The molecule has 40 heavy (non-hydrogen) atoms. The summed E-state index contributed by atoms with van der Waals surface area (Å²) >= 11 is 0. The maximum Gasteiger partial charge on any atom is 0.573 e. The quantitative estimate of drug-likeness (QED) is 0.427. The maximum atomic E-state index is 13.6. The highest BCUT2D eigenvalue weighted by molar-refractivity contribution is 5.99. The van der Waals surface area contributed by atoms with E-state index in [-0.39, 0.29) is 23.2 Å². The Morgan fingerprint density at radius 1 is 1.00 bits per heavy atom. The number of benzene rings is 1. The fourth-order valence-corrected chi connectivity index (χ4v) is 5.18. The van der Waals surface area contributed by atoms with Crippen molar-refractivity contribution in [1.82, 2.24) is 15.6 Å². The van der Waals surface area contributed by atoms with Gasteiger partial charge in [0.05, 0.1) is 5.56 Å². The van der Waals surface area contributed by atoms with Crippen LogP contribution in [0.2, 0.25) is 0 Å². The number of hydrogen-bond acceptors (Lipinski definition) is 6. The zero-order valence-corrected chi connectivity index (χ0v) is 21.7. The monoisotopic (exact) mass is 574 g/mol. The molecule has 3 heterocycles. The first-order valence-electron chi connectivity index (χ1n) is 12.6. The number of hydrogen-bond donors (Lipinski definition) is 2. The molecule has 2 aromatic rings. The van der Waals surface area contributed by atoms with Crippen molar-refractivity contribution in [1.29, 1.82) is 0 Å². The van der Waals surface area contributed by atoms with E-state index in [9.17, 15) is 35.9 Å². The van der Waals surface area contributed by atoms with Crippen LogP contribution in [0.15, 0.2) is 42.6 Å². The van der Waals surface area contributed by atoms with E-state index in [1.54, 1.807) is 4.90 Å². The number of halogens is 6. The van der Waals surface area contributed by atoms with Crippen molar-refractivity contribution in [3.05, 3.63) is 48.2 Å². The fourth-order valence-electron chi connectivity index (χ4n) is 5.18. The molecule has 14 heteroatoms. The molecule has 0 radical (unpaired) electrons. The minimum absolute atomic E-state index is 0.0760. The second-order valence-electron chi connectivity index (χ2n) is 10.2. The Bertz CT molecular complexity index is 1250. The van der Waals surface area contributed by atoms with Crippen LogP contribution in [0, 0.1) is 0 Å². The van der Waals surface area contributed by atoms with E-state index in [2.05, 4.69) is 15.0 Å². The number of carbonyl (C=O) groups is 2. The molecule has 2 aliphatic rings. The highest BCUT2D eigenvalue weighted by Crippen LogP contribution is 2.46. The van der Waals surface area contributed by atoms with E-state index >= 15 is 0 Å². The van der Waals surface area contributed by atoms with E-state index < -0.39 is 47.9 Å². The van der Waals surface area contributed by atoms with Gasteiger partial charge in [-0.25, -0.2) is 4.98 Å². The van der Waals surface area contributed by atoms with Crippen molar-refractivity contribution < 1.29 is 45.4 Å². The summed E-state index contributed by atoms with van der Waals surface area (Å²) in [5, 5.41) is 4.84. The Morgan fingerprint density at radius 3 is 2.33 bits per heavy atom. The molecule has 2 fully saturated rings. The van der Waals surface area contributed by atoms with E-state index in [0.29, 0.717) is 32.1 Å². The average molecular weight is 575 g/mol. The van der Waals surface area contributed by atoms with Crippen LogP contribution in [-0.4, -0.2) is 53.2 Å². The Hall–Kier alpha value is -3.71. The Balaban J connectivity index is 1.59. The number of anilines is 1. The molecule has 0 spiro atoms. The number of amides is 2. The number of fused-ring (bicyclic) bond motifs is 2. The van der Waals surface area contributed by atoms with Gasteiger partial charge in [-0.1, -0.05) is 12.1 Å². The van der Waals surface area contributed by atoms with Crippen LogP contribution in [0.4, 0.5) is 32.2 Å². The number of alkyl halides is 6. The van der Waals surface area contributed by atoms with Crippen LogP contribution >= 0.6 is 0 Å². The van der Waals surface area contributed by atoms with Crippen molar-refractivity contribution in [2.24, 2.45) is 0 Å². The van der Waals surface area contributed by atoms with Gasteiger partial charge in [0, 0.05) is 12.2 Å². The Kier molecular flexibility index (Phi) is 7.83. The van der Waals surface area contributed by atoms with Gasteiger partial charge in [0.2, 0.25) is 0 Å². The summed E-state index contributed by atoms with van der Waals surface area (Å²) in [6.07, 6.45) is -5.24. The van der Waals surface area contributed by atoms with Gasteiger partial charge in [0.15, 0.2) is 17.1 Å². The lowest BCUT2D eigenvalue weighted by Gasteiger charge is -2.47. The number of nitrogens with zero attached hydrogens (tertiary/aromatic N) is 2. The number of aromatic nitrogens is 1. The molecular formula is C26H28F6N4O4. The van der Waals surface area contributed by atoms with Gasteiger partial charge in [0.25, 0.3) is 11.8 Å². The number of nitrogens with one attached hydrogen (secondary N) is 2. The summed E-state index contributed by atoms with van der Waals surface area (Å²) in [6.45, 7) is 1.26. The lowest BCUT2D eigenvalue weighted by Crippen LogP contribution is -2.65. The Morgan fingerprint density at radius 2 is 1.68 bits per heavy atom. The number of ether oxygens (including phenoxy) is 2. The smallest absolute Gasteiger partial charge is 0.474 e. The molecule has 4 rings (SSSR count). The predicted molar refractivity (Wildman–Crippen MR) is 131 cm³/mol. The van der Waals surface area contributed by atoms with Gasteiger partial charge in [-0.15, -0.1) is 13.2 Å². The second-order valence-corrected chi connectivity index (χ2v) is 10.2. The number of piperidine rings is 1. The molecule has 1 aromatic heterocycles. The van der Waals surface area contributed by atoms with Crippen molar-refractivity contribution in [3.8, 4) is 11.5 Å². The van der Waals surface area contributed by atoms with Crippen LogP contribution in [0.25, 0.3) is 0 Å². The van der Waals surface area contributed by atoms with Crippen LogP contribution in [0.5, 0.6) is 11.5 Å². The van der Waals surface area contributed by atoms with Gasteiger partial charge in [-0.05, 0) is 70.2 Å². The first-order valence-corrected chi connectivity index (χ1v) is 12.6. The van der Waals surface area contributed by atoms with Crippen LogP contribution in [0.3, 0.4) is 0 Å². The van der Waals surface area contributed by atoms with Crippen LogP contribution in [-0.2, 0) is 4.79 Å². The van der Waals surface area contributed by atoms with Gasteiger partial charge >= 0.3 is 12.5 Å². The molecular weight excluding hydrogens is 546 g/mol. The molecule has 2 bridgehead atoms. The summed E-state index contributed by atoms with van der Waals surface area (Å²) < 4.78 is 86.6. The summed E-state index contributed by atoms with van der Waals surface area (Å²) in [4.78, 5) is 32.4. The minimum Gasteiger partial charge on any atom is -0.474 e. The molecule has 2 aliphatic heterocycles. The van der Waals surface area contributed by atoms with Crippen molar-refractivity contribution in [2.45, 2.75) is 75.8 Å². The normalized spacial score (nSPS) is 21.1. The van der Waals surface area contributed by atoms with E-state index in [0.717, 1.165) is 6.07 Å². The maximum absolute atomic E-state index is 13.6. The fraction of sp³-hybridized carbons (Fsp3) is 0.500. The molecule has 0 aliphatic carbocycles. The van der Waals surface area contributed by atoms with E-state index in [4.69, 9.17) is 4.74 Å². The van der Waals surface area contributed by atoms with Crippen LogP contribution < -0.4 is 25.0 Å². The highest BCUT2D eigenvalue weighted by atomic mass is 19.4. The number of carbonyl (C=O) groups excluding carboxylic acids is 2. The molecule has 2 atom stereocenters. The standard InChI is InChI=1S/C26H28F6N4O4/c1-23(2,39-18-9-3-4-10-19(18)40-26(30,31)32)22(38)35-24-12-5-7-16(11-13-24)36(24)20-17(8-6-14-33-20)21(37)34-15-25(27,28)29/h3-4,6,8-10,14,16H,5,7,11-13,15H2,1-2H3,(H,34,37)(H,35,38). The first kappa shape index (κ1) is 29.3. The van der Waals surface area contributed by atoms with E-state index in [1.807, 2.05) is 5.32 Å². The van der Waals surface area contributed by atoms with E-state index in [1.165, 1.54) is 50.4 Å². The van der Waals surface area contributed by atoms with Gasteiger partial charge in [-0.3, -0.25) is 9.59 Å². The molecule has 1 aromatic carbocycles. The first-order chi connectivity index (χ1) is 18.6. The molecule has 2 amide bonds. The average Bonchev–Trinajstić information content (AvgIpc) is 3.06. The lowest BCUT2D eigenvalue weighted by molar-refractivity contribution is -0.275. The third-order valence-electron chi connectivity index (χ3n) is 6.89. The second kappa shape index (κ2) is 10.7. The number of pyridine rings is 1. The van der Waals surface area contributed by atoms with Crippen molar-refractivity contribution in [3.63, 3.8) is 0 Å². The summed E-state index contributed by atoms with van der Waals surface area (Å²) in [5.74, 6) is -2.39. The highest BCUT2D eigenvalue weighted by Gasteiger charge is 2.52. The zero-order valence-electron chi connectivity index (χ0n) is 21.7. The third kappa shape index (κ3) is 6.53. The predicted octanol–water partition coefficient (Wildman–Crippen LogP) is 5.10. The number of rotatable bonds is 8. The molecule has 2 N–H and O–H groups in total. The molecule has 0 saturated carbocycles. The zero-order chi connectivity index (χ0) is 29.3. The van der Waals surface area contributed by atoms with Gasteiger partial charge in [0.1, 0.15) is 18.0 Å². The van der Waals surface area contributed by atoms with Crippen LogP contribution in [0.1, 0.15) is 56.3 Å². The summed E-state index contributed by atoms with van der Waals surface area (Å²) in [7, 11) is 0. The Labute approximate surface area is 226 Å². The lowest BCUT2D eigenvalue weighted by atomic mass is 9.94. The molecule has 218 valence electrons. The van der Waals surface area contributed by atoms with Gasteiger partial charge in [-0.2, -0.15) is 13.2 Å². The number of para-hydroxylation sites is 2. The third-order valence-corrected chi connectivity index (χ3v) is 6.89. The topological polar surface area (TPSA) is 92.8 Å². The molecule has 2 saturated heterocycles. The largest absolute Gasteiger partial charge is 0.573 e. The molecule has 8 nitrogen and oxygen atoms in total.